The number of benzene rings is 1. The molecule has 6 nitrogen and oxygen atoms in total. The summed E-state index contributed by atoms with van der Waals surface area (Å²) in [5.41, 5.74) is 6.13. The molecule has 2 fully saturated rings. The molecule has 2 unspecified atom stereocenters. The van der Waals surface area contributed by atoms with E-state index in [1.54, 1.807) is 11.8 Å². The van der Waals surface area contributed by atoms with Crippen molar-refractivity contribution in [3.8, 4) is 0 Å². The fourth-order valence-electron chi connectivity index (χ4n) is 5.07. The van der Waals surface area contributed by atoms with Crippen molar-refractivity contribution in [3.05, 3.63) is 79.1 Å². The first-order valence-corrected chi connectivity index (χ1v) is 10.8. The van der Waals surface area contributed by atoms with E-state index in [1.165, 1.54) is 0 Å². The van der Waals surface area contributed by atoms with Gasteiger partial charge in [0.1, 0.15) is 17.5 Å². The lowest BCUT2D eigenvalue weighted by atomic mass is 9.92. The Balaban J connectivity index is 1.54. The molecule has 1 saturated heterocycles. The summed E-state index contributed by atoms with van der Waals surface area (Å²) in [6, 6.07) is 0.131. The summed E-state index contributed by atoms with van der Waals surface area (Å²) >= 11 is 0. The van der Waals surface area contributed by atoms with E-state index in [2.05, 4.69) is 4.98 Å². The topological polar surface area (TPSA) is 83.6 Å². The maximum Gasteiger partial charge on any atom is 0.333 e. The summed E-state index contributed by atoms with van der Waals surface area (Å²) in [6.07, 6.45) is 3.13. The van der Waals surface area contributed by atoms with Gasteiger partial charge in [-0.15, -0.1) is 0 Å². The van der Waals surface area contributed by atoms with E-state index in [1.807, 2.05) is 0 Å². The molecule has 0 bridgehead atoms. The van der Waals surface area contributed by atoms with E-state index in [0.717, 1.165) is 23.4 Å². The summed E-state index contributed by atoms with van der Waals surface area (Å²) in [5, 5.41) is 0. The van der Waals surface area contributed by atoms with Gasteiger partial charge < -0.3 is 10.6 Å². The van der Waals surface area contributed by atoms with Crippen LogP contribution in [0.3, 0.4) is 0 Å². The molecule has 2 aromatic heterocycles. The Morgan fingerprint density at radius 3 is 2.36 bits per heavy atom. The fraction of sp³-hybridized carbons (Fsp3) is 0.391. The number of hydrogen-bond acceptors (Lipinski definition) is 4. The van der Waals surface area contributed by atoms with Gasteiger partial charge in [-0.3, -0.25) is 14.2 Å². The number of aryl methyl sites for hydroxylation is 1. The van der Waals surface area contributed by atoms with Gasteiger partial charge in [-0.25, -0.2) is 22.4 Å². The third-order valence-corrected chi connectivity index (χ3v) is 6.77. The van der Waals surface area contributed by atoms with Gasteiger partial charge in [-0.2, -0.15) is 0 Å². The third-order valence-electron chi connectivity index (χ3n) is 6.77. The van der Waals surface area contributed by atoms with Crippen LogP contribution in [0.25, 0.3) is 5.52 Å². The van der Waals surface area contributed by atoms with Crippen LogP contribution in [0.15, 0.2) is 27.9 Å². The smallest absolute Gasteiger partial charge is 0.333 e. The minimum atomic E-state index is -1.06. The third kappa shape index (κ3) is 3.52. The van der Waals surface area contributed by atoms with Crippen LogP contribution in [0.1, 0.15) is 47.9 Å². The highest BCUT2D eigenvalue weighted by Crippen LogP contribution is 2.42. The number of anilines is 1. The number of fused-ring (bicyclic) bond motifs is 1. The number of H-pyrrole nitrogens is 1. The van der Waals surface area contributed by atoms with Crippen molar-refractivity contribution < 1.29 is 17.6 Å². The zero-order valence-corrected chi connectivity index (χ0v) is 17.8. The van der Waals surface area contributed by atoms with Gasteiger partial charge >= 0.3 is 5.69 Å². The molecule has 1 aliphatic heterocycles. The zero-order chi connectivity index (χ0) is 23.6. The second-order valence-electron chi connectivity index (χ2n) is 8.92. The lowest BCUT2D eigenvalue weighted by Crippen LogP contribution is -2.32. The molecule has 1 saturated carbocycles. The van der Waals surface area contributed by atoms with Gasteiger partial charge in [0.05, 0.1) is 17.4 Å². The van der Waals surface area contributed by atoms with Crippen LogP contribution in [0.4, 0.5) is 23.2 Å². The Hall–Kier alpha value is -3.14. The average molecular weight is 462 g/mol. The molecule has 3 heterocycles. The minimum absolute atomic E-state index is 0.0190. The molecule has 1 aliphatic carbocycles. The molecular formula is C23H22F4N4O2. The van der Waals surface area contributed by atoms with Gasteiger partial charge in [-0.1, -0.05) is 0 Å². The van der Waals surface area contributed by atoms with Crippen molar-refractivity contribution in [2.45, 2.75) is 38.1 Å². The number of aromatic amines is 1. The van der Waals surface area contributed by atoms with E-state index in [-0.39, 0.29) is 18.2 Å². The fourth-order valence-corrected chi connectivity index (χ4v) is 5.07. The van der Waals surface area contributed by atoms with Crippen molar-refractivity contribution in [2.24, 2.45) is 11.7 Å². The number of aromatic nitrogens is 2. The monoisotopic (exact) mass is 462 g/mol. The Morgan fingerprint density at radius 2 is 1.73 bits per heavy atom. The van der Waals surface area contributed by atoms with Crippen LogP contribution in [0.5, 0.6) is 0 Å². The van der Waals surface area contributed by atoms with Crippen molar-refractivity contribution in [2.75, 3.05) is 18.0 Å². The Bertz CT molecular complexity index is 1370. The number of nitrogens with zero attached hydrogens (tertiary/aromatic N) is 2. The first-order chi connectivity index (χ1) is 15.7. The summed E-state index contributed by atoms with van der Waals surface area (Å²) in [6.45, 7) is 2.23. The number of hydrogen-bond donors (Lipinski definition) is 2. The predicted octanol–water partition coefficient (Wildman–Crippen LogP) is 3.26. The molecule has 174 valence electrons. The van der Waals surface area contributed by atoms with E-state index in [0.29, 0.717) is 41.7 Å². The molecular weight excluding hydrogens is 440 g/mol. The van der Waals surface area contributed by atoms with Crippen molar-refractivity contribution in [3.63, 3.8) is 0 Å². The largest absolute Gasteiger partial charge is 0.368 e. The van der Waals surface area contributed by atoms with Gasteiger partial charge in [0, 0.05) is 48.0 Å². The molecule has 33 heavy (non-hydrogen) atoms. The van der Waals surface area contributed by atoms with Crippen LogP contribution in [-0.2, 0) is 0 Å². The quantitative estimate of drug-likeness (QED) is 0.583. The normalized spacial score (nSPS) is 19.5. The molecule has 0 spiro atoms. The summed E-state index contributed by atoms with van der Waals surface area (Å²) in [5.74, 6) is -4.19. The highest BCUT2D eigenvalue weighted by Gasteiger charge is 2.35. The number of rotatable bonds is 4. The first kappa shape index (κ1) is 21.7. The highest BCUT2D eigenvalue weighted by atomic mass is 19.1. The maximum absolute atomic E-state index is 15.2. The van der Waals surface area contributed by atoms with Gasteiger partial charge in [0.25, 0.3) is 5.56 Å². The van der Waals surface area contributed by atoms with Crippen LogP contribution in [0.2, 0.25) is 0 Å². The second-order valence-corrected chi connectivity index (χ2v) is 8.92. The maximum atomic E-state index is 15.2. The minimum Gasteiger partial charge on any atom is -0.368 e. The molecule has 3 aromatic rings. The van der Waals surface area contributed by atoms with Crippen LogP contribution in [-0.4, -0.2) is 22.5 Å². The molecule has 2 aliphatic rings. The highest BCUT2D eigenvalue weighted by molar-refractivity contribution is 5.72. The lowest BCUT2D eigenvalue weighted by molar-refractivity contribution is 0.425. The molecule has 0 amide bonds. The second kappa shape index (κ2) is 7.72. The van der Waals surface area contributed by atoms with Gasteiger partial charge in [0.15, 0.2) is 5.82 Å². The van der Waals surface area contributed by atoms with E-state index < -0.39 is 52.0 Å². The summed E-state index contributed by atoms with van der Waals surface area (Å²) in [7, 11) is 0. The Labute approximate surface area is 185 Å². The molecule has 3 N–H and O–H groups in total. The lowest BCUT2D eigenvalue weighted by Gasteiger charge is -2.25. The Kier molecular flexibility index (Phi) is 5.08. The molecule has 2 atom stereocenters. The van der Waals surface area contributed by atoms with Crippen LogP contribution >= 0.6 is 0 Å². The number of halogens is 4. The zero-order valence-electron chi connectivity index (χ0n) is 17.8. The van der Waals surface area contributed by atoms with Gasteiger partial charge in [0.2, 0.25) is 0 Å². The standard InChI is InChI=1S/C23H22F4N4O2/c1-10-20(16(27)9-31-21(10)17(11-2-3-11)22(32)29-23(31)33)30-5-4-12(8-30)19(28)18-14(25)6-13(24)7-15(18)26/h6-7,9,11-12,19H,2-5,8,28H2,1H3,(H,29,32,33). The van der Waals surface area contributed by atoms with E-state index >= 15 is 4.39 Å². The van der Waals surface area contributed by atoms with Crippen molar-refractivity contribution in [1.82, 2.24) is 9.38 Å². The molecule has 10 heteroatoms. The molecule has 1 aromatic carbocycles. The van der Waals surface area contributed by atoms with Crippen molar-refractivity contribution >= 4 is 11.2 Å². The van der Waals surface area contributed by atoms with E-state index in [9.17, 15) is 22.8 Å². The SMILES string of the molecule is Cc1c(N2CCC(C(N)c3c(F)cc(F)cc3F)C2)c(F)cn2c(=O)[nH]c(=O)c(C3CC3)c12. The Morgan fingerprint density at radius 1 is 1.06 bits per heavy atom. The molecule has 0 radical (unpaired) electrons. The van der Waals surface area contributed by atoms with Crippen molar-refractivity contribution in [1.29, 1.82) is 0 Å². The average Bonchev–Trinajstić information content (AvgIpc) is 3.44. The predicted molar refractivity (Wildman–Crippen MR) is 115 cm³/mol. The summed E-state index contributed by atoms with van der Waals surface area (Å²) < 4.78 is 58.1. The number of nitrogens with one attached hydrogen (secondary N) is 1. The van der Waals surface area contributed by atoms with Crippen LogP contribution < -0.4 is 21.9 Å². The number of pyridine rings is 1. The van der Waals surface area contributed by atoms with Crippen LogP contribution in [0, 0.1) is 36.1 Å². The first-order valence-electron chi connectivity index (χ1n) is 10.8. The summed E-state index contributed by atoms with van der Waals surface area (Å²) in [4.78, 5) is 28.8. The number of nitrogens with two attached hydrogens (primary N) is 1. The van der Waals surface area contributed by atoms with E-state index in [4.69, 9.17) is 5.73 Å². The van der Waals surface area contributed by atoms with Gasteiger partial charge in [-0.05, 0) is 38.0 Å². The molecule has 5 rings (SSSR count).